The summed E-state index contributed by atoms with van der Waals surface area (Å²) < 4.78 is 16.2. The monoisotopic (exact) mass is 590 g/mol. The van der Waals surface area contributed by atoms with E-state index in [9.17, 15) is 24.5 Å². The minimum atomic E-state index is -0.666. The molecular formula is C22H15IN4O8. The van der Waals surface area contributed by atoms with Gasteiger partial charge in [0, 0.05) is 12.1 Å². The number of imide groups is 1. The van der Waals surface area contributed by atoms with Crippen LogP contribution in [0.1, 0.15) is 21.9 Å². The van der Waals surface area contributed by atoms with Crippen LogP contribution in [0.3, 0.4) is 0 Å². The predicted molar refractivity (Wildman–Crippen MR) is 127 cm³/mol. The van der Waals surface area contributed by atoms with E-state index in [1.165, 1.54) is 37.5 Å². The van der Waals surface area contributed by atoms with Gasteiger partial charge in [0.1, 0.15) is 23.4 Å². The number of methoxy groups -OCH3 is 1. The fourth-order valence-electron chi connectivity index (χ4n) is 3.05. The number of carbonyl (C=O) groups is 3. The molecule has 12 nitrogen and oxygen atoms in total. The summed E-state index contributed by atoms with van der Waals surface area (Å²) in [6, 6.07) is 9.97. The Bertz CT molecular complexity index is 1370. The number of pyridine rings is 1. The minimum Gasteiger partial charge on any atom is -0.463 e. The number of hydrogen-bond acceptors (Lipinski definition) is 9. The highest BCUT2D eigenvalue weighted by molar-refractivity contribution is 14.1. The normalized spacial score (nSPS) is 14.2. The van der Waals surface area contributed by atoms with Crippen LogP contribution in [-0.2, 0) is 16.1 Å². The number of rotatable bonds is 7. The smallest absolute Gasteiger partial charge is 0.373 e. The number of carbonyl (C=O) groups excluding carboxylic acids is 3. The van der Waals surface area contributed by atoms with E-state index < -0.39 is 22.8 Å². The zero-order chi connectivity index (χ0) is 25.1. The van der Waals surface area contributed by atoms with Crippen molar-refractivity contribution in [2.75, 3.05) is 7.11 Å². The fourth-order valence-corrected chi connectivity index (χ4v) is 3.70. The molecule has 4 rings (SSSR count). The molecule has 2 aromatic heterocycles. The molecule has 0 aliphatic carbocycles. The van der Waals surface area contributed by atoms with Gasteiger partial charge in [-0.3, -0.25) is 19.8 Å². The topological polar surface area (TPSA) is 154 Å². The second-order valence-electron chi connectivity index (χ2n) is 7.04. The number of aromatic nitrogens is 1. The van der Waals surface area contributed by atoms with E-state index in [2.05, 4.69) is 15.0 Å². The Labute approximate surface area is 210 Å². The Morgan fingerprint density at radius 1 is 1.26 bits per heavy atom. The number of nitrogens with zero attached hydrogens (tertiary/aromatic N) is 3. The summed E-state index contributed by atoms with van der Waals surface area (Å²) >= 11 is 2.03. The zero-order valence-electron chi connectivity index (χ0n) is 17.9. The van der Waals surface area contributed by atoms with Crippen LogP contribution in [0.15, 0.2) is 58.8 Å². The Morgan fingerprint density at radius 2 is 2.06 bits per heavy atom. The molecule has 0 spiro atoms. The van der Waals surface area contributed by atoms with Crippen LogP contribution in [0.25, 0.3) is 6.08 Å². The maximum Gasteiger partial charge on any atom is 0.373 e. The molecule has 0 unspecified atom stereocenters. The average Bonchev–Trinajstić information content (AvgIpc) is 3.41. The Hall–Kier alpha value is -4.27. The van der Waals surface area contributed by atoms with E-state index in [-0.39, 0.29) is 35.3 Å². The number of halogens is 1. The lowest BCUT2D eigenvalue weighted by Gasteiger charge is -2.09. The van der Waals surface area contributed by atoms with Crippen molar-refractivity contribution in [1.82, 2.24) is 15.2 Å². The molecule has 3 amide bonds. The van der Waals surface area contributed by atoms with Crippen molar-refractivity contribution in [3.05, 3.63) is 85.1 Å². The lowest BCUT2D eigenvalue weighted by atomic mass is 10.2. The number of esters is 1. The Balaban J connectivity index is 1.46. The zero-order valence-corrected chi connectivity index (χ0v) is 20.0. The Kier molecular flexibility index (Phi) is 6.77. The first-order valence-corrected chi connectivity index (χ1v) is 10.9. The van der Waals surface area contributed by atoms with Gasteiger partial charge in [-0.1, -0.05) is 6.07 Å². The SMILES string of the molecule is COC(=O)c1ccc(CN2C(=O)N/C(=C\c3ccc(Oc4ccc([N+](=O)[O-])cn4)c(I)c3)C2=O)o1. The molecule has 1 saturated heterocycles. The van der Waals surface area contributed by atoms with Gasteiger partial charge in [0.25, 0.3) is 11.6 Å². The van der Waals surface area contributed by atoms with Gasteiger partial charge >= 0.3 is 12.0 Å². The molecule has 35 heavy (non-hydrogen) atoms. The molecule has 3 heterocycles. The van der Waals surface area contributed by atoms with E-state index in [4.69, 9.17) is 9.15 Å². The summed E-state index contributed by atoms with van der Waals surface area (Å²) in [7, 11) is 1.21. The van der Waals surface area contributed by atoms with Gasteiger partial charge in [-0.2, -0.15) is 0 Å². The van der Waals surface area contributed by atoms with Gasteiger partial charge < -0.3 is 19.2 Å². The summed E-state index contributed by atoms with van der Waals surface area (Å²) in [4.78, 5) is 51.6. The van der Waals surface area contributed by atoms with Crippen molar-refractivity contribution >= 4 is 52.3 Å². The molecule has 0 atom stereocenters. The Morgan fingerprint density at radius 3 is 2.71 bits per heavy atom. The molecule has 1 aliphatic heterocycles. The molecule has 1 aliphatic rings. The van der Waals surface area contributed by atoms with Crippen LogP contribution in [0.2, 0.25) is 0 Å². The number of nitrogens with one attached hydrogen (secondary N) is 1. The number of urea groups is 1. The predicted octanol–water partition coefficient (Wildman–Crippen LogP) is 3.86. The number of nitro groups is 1. The first-order chi connectivity index (χ1) is 16.7. The van der Waals surface area contributed by atoms with Crippen LogP contribution >= 0.6 is 22.6 Å². The lowest BCUT2D eigenvalue weighted by Crippen LogP contribution is -2.30. The molecular weight excluding hydrogens is 575 g/mol. The number of benzene rings is 1. The lowest BCUT2D eigenvalue weighted by molar-refractivity contribution is -0.385. The van der Waals surface area contributed by atoms with Crippen LogP contribution < -0.4 is 10.1 Å². The molecule has 3 aromatic rings. The summed E-state index contributed by atoms with van der Waals surface area (Å²) in [5, 5.41) is 13.3. The summed E-state index contributed by atoms with van der Waals surface area (Å²) in [6.45, 7) is -0.161. The summed E-state index contributed by atoms with van der Waals surface area (Å²) in [5.74, 6) is -0.382. The second-order valence-corrected chi connectivity index (χ2v) is 8.20. The average molecular weight is 590 g/mol. The van der Waals surface area contributed by atoms with E-state index in [0.717, 1.165) is 11.1 Å². The van der Waals surface area contributed by atoms with Crippen LogP contribution in [0, 0.1) is 13.7 Å². The van der Waals surface area contributed by atoms with E-state index >= 15 is 0 Å². The summed E-state index contributed by atoms with van der Waals surface area (Å²) in [6.07, 6.45) is 2.61. The van der Waals surface area contributed by atoms with E-state index in [0.29, 0.717) is 14.9 Å². The van der Waals surface area contributed by atoms with Crippen molar-refractivity contribution in [2.24, 2.45) is 0 Å². The highest BCUT2D eigenvalue weighted by Gasteiger charge is 2.34. The third kappa shape index (κ3) is 5.29. The highest BCUT2D eigenvalue weighted by Crippen LogP contribution is 2.28. The minimum absolute atomic E-state index is 0.0360. The first kappa shape index (κ1) is 23.9. The molecule has 178 valence electrons. The summed E-state index contributed by atoms with van der Waals surface area (Å²) in [5.41, 5.74) is 0.536. The number of furan rings is 1. The fraction of sp³-hybridized carbons (Fsp3) is 0.0909. The van der Waals surface area contributed by atoms with Crippen molar-refractivity contribution in [3.63, 3.8) is 0 Å². The van der Waals surface area contributed by atoms with Crippen molar-refractivity contribution in [3.8, 4) is 11.6 Å². The van der Waals surface area contributed by atoms with E-state index in [1.54, 1.807) is 18.2 Å². The first-order valence-electron chi connectivity index (χ1n) is 9.84. The largest absolute Gasteiger partial charge is 0.463 e. The highest BCUT2D eigenvalue weighted by atomic mass is 127. The van der Waals surface area contributed by atoms with Gasteiger partial charge in [0.15, 0.2) is 0 Å². The number of amides is 3. The quantitative estimate of drug-likeness (QED) is 0.108. The van der Waals surface area contributed by atoms with E-state index in [1.807, 2.05) is 22.6 Å². The van der Waals surface area contributed by atoms with Gasteiger partial charge in [-0.05, 0) is 58.5 Å². The van der Waals surface area contributed by atoms with Gasteiger partial charge in [-0.15, -0.1) is 0 Å². The number of hydrogen-bond donors (Lipinski definition) is 1. The maximum atomic E-state index is 12.7. The third-order valence-electron chi connectivity index (χ3n) is 4.74. The molecule has 1 aromatic carbocycles. The van der Waals surface area contributed by atoms with Gasteiger partial charge in [0.2, 0.25) is 11.6 Å². The van der Waals surface area contributed by atoms with Gasteiger partial charge in [-0.25, -0.2) is 14.6 Å². The molecule has 0 radical (unpaired) electrons. The molecule has 1 N–H and O–H groups in total. The second kappa shape index (κ2) is 9.92. The molecule has 0 bridgehead atoms. The number of ether oxygens (including phenoxy) is 2. The van der Waals surface area contributed by atoms with Crippen LogP contribution in [0.4, 0.5) is 10.5 Å². The maximum absolute atomic E-state index is 12.7. The van der Waals surface area contributed by atoms with Crippen LogP contribution in [0.5, 0.6) is 11.6 Å². The van der Waals surface area contributed by atoms with Crippen molar-refractivity contribution < 1.29 is 33.2 Å². The standard InChI is InChI=1S/C22H15IN4O8/c1-33-21(29)18-6-4-14(34-18)11-26-20(28)16(25-22(26)30)9-12-2-5-17(15(23)8-12)35-19-7-3-13(10-24-19)27(31)32/h2-10H,11H2,1H3,(H,25,30)/b16-9-. The van der Waals surface area contributed by atoms with Gasteiger partial charge in [0.05, 0.1) is 22.1 Å². The van der Waals surface area contributed by atoms with Crippen LogP contribution in [-0.4, -0.2) is 39.8 Å². The molecule has 13 heteroatoms. The van der Waals surface area contributed by atoms with Crippen molar-refractivity contribution in [1.29, 1.82) is 0 Å². The van der Waals surface area contributed by atoms with Crippen molar-refractivity contribution in [2.45, 2.75) is 6.54 Å². The third-order valence-corrected chi connectivity index (χ3v) is 5.58. The molecule has 1 fully saturated rings. The molecule has 0 saturated carbocycles.